The van der Waals surface area contributed by atoms with Crippen molar-refractivity contribution in [1.82, 2.24) is 10.2 Å². The van der Waals surface area contributed by atoms with Crippen molar-refractivity contribution < 1.29 is 14.3 Å². The van der Waals surface area contributed by atoms with Crippen molar-refractivity contribution in [3.8, 4) is 5.75 Å². The van der Waals surface area contributed by atoms with E-state index in [0.717, 1.165) is 62.0 Å². The molecule has 3 aromatic rings. The molecular formula is C28H34ClN3O3S. The molecule has 0 radical (unpaired) electrons. The molecule has 3 N–H and O–H groups in total. The van der Waals surface area contributed by atoms with E-state index in [-0.39, 0.29) is 11.7 Å². The highest BCUT2D eigenvalue weighted by Gasteiger charge is 2.21. The predicted octanol–water partition coefficient (Wildman–Crippen LogP) is 6.03. The monoisotopic (exact) mass is 527 g/mol. The Hall–Kier alpha value is -2.61. The zero-order valence-electron chi connectivity index (χ0n) is 20.7. The van der Waals surface area contributed by atoms with Crippen molar-refractivity contribution in [3.05, 3.63) is 57.9 Å². The summed E-state index contributed by atoms with van der Waals surface area (Å²) < 4.78 is 6.47. The Balaban J connectivity index is 1.11. The highest BCUT2D eigenvalue weighted by molar-refractivity contribution is 7.20. The third kappa shape index (κ3) is 6.78. The van der Waals surface area contributed by atoms with Gasteiger partial charge in [0.1, 0.15) is 5.75 Å². The normalized spacial score (nSPS) is 14.7. The van der Waals surface area contributed by atoms with E-state index in [2.05, 4.69) is 22.3 Å². The van der Waals surface area contributed by atoms with Crippen molar-refractivity contribution in [3.63, 3.8) is 0 Å². The van der Waals surface area contributed by atoms with Crippen LogP contribution >= 0.6 is 22.9 Å². The Kier molecular flexibility index (Phi) is 9.24. The number of anilines is 1. The molecule has 0 saturated carbocycles. The first-order valence-electron chi connectivity index (χ1n) is 12.6. The van der Waals surface area contributed by atoms with Gasteiger partial charge in [-0.15, -0.1) is 11.3 Å². The van der Waals surface area contributed by atoms with Gasteiger partial charge in [0.15, 0.2) is 5.78 Å². The number of likely N-dealkylation sites (tertiary alicyclic amines) is 1. The highest BCUT2D eigenvalue weighted by atomic mass is 35.5. The van der Waals surface area contributed by atoms with Crippen LogP contribution in [-0.4, -0.2) is 49.9 Å². The standard InChI is InChI=1S/C28H34ClN3O3S/c1-35-25-17-23(30)22(29)16-21(25)28(34)31-18-19-10-13-32(14-11-19)12-6-2-3-8-24(33)27-15-20-7-4-5-9-26(20)36-27/h4-5,7,9,15-17,19H,2-3,6,8,10-14,18,30H2,1H3,(H,31,34). The van der Waals surface area contributed by atoms with Crippen molar-refractivity contribution >= 4 is 50.4 Å². The summed E-state index contributed by atoms with van der Waals surface area (Å²) in [5, 5.41) is 4.53. The summed E-state index contributed by atoms with van der Waals surface area (Å²) in [6, 6.07) is 13.3. The lowest BCUT2D eigenvalue weighted by Crippen LogP contribution is -2.39. The average molecular weight is 528 g/mol. The number of Topliss-reactive ketones (excluding diaryl/α,β-unsaturated/α-hetero) is 1. The number of rotatable bonds is 11. The van der Waals surface area contributed by atoms with Crippen LogP contribution in [-0.2, 0) is 0 Å². The number of methoxy groups -OCH3 is 1. The molecule has 2 heterocycles. The zero-order chi connectivity index (χ0) is 25.5. The number of carbonyl (C=O) groups is 2. The molecule has 1 aliphatic rings. The number of hydrogen-bond donors (Lipinski definition) is 2. The van der Waals surface area contributed by atoms with E-state index in [9.17, 15) is 9.59 Å². The number of nitrogens with one attached hydrogen (secondary N) is 1. The lowest BCUT2D eigenvalue weighted by atomic mass is 9.96. The van der Waals surface area contributed by atoms with Gasteiger partial charge < -0.3 is 20.7 Å². The van der Waals surface area contributed by atoms with Crippen LogP contribution in [0.1, 0.15) is 58.6 Å². The first kappa shape index (κ1) is 26.5. The fourth-order valence-corrected chi connectivity index (χ4v) is 5.90. The summed E-state index contributed by atoms with van der Waals surface area (Å²) in [5.74, 6) is 0.952. The molecule has 8 heteroatoms. The number of fused-ring (bicyclic) bond motifs is 1. The summed E-state index contributed by atoms with van der Waals surface area (Å²) in [4.78, 5) is 28.6. The number of halogens is 1. The number of piperidine rings is 1. The Labute approximate surface area is 221 Å². The lowest BCUT2D eigenvalue weighted by molar-refractivity contribution is 0.0932. The first-order valence-corrected chi connectivity index (χ1v) is 13.8. The molecule has 1 amide bonds. The number of ketones is 1. The minimum absolute atomic E-state index is 0.193. The van der Waals surface area contributed by atoms with Gasteiger partial charge in [0.25, 0.3) is 5.91 Å². The van der Waals surface area contributed by atoms with E-state index in [1.54, 1.807) is 23.5 Å². The maximum Gasteiger partial charge on any atom is 0.255 e. The minimum Gasteiger partial charge on any atom is -0.496 e. The fraction of sp³-hybridized carbons (Fsp3) is 0.429. The number of amides is 1. The van der Waals surface area contributed by atoms with Gasteiger partial charge in [-0.05, 0) is 74.8 Å². The Morgan fingerprint density at radius 1 is 1.14 bits per heavy atom. The summed E-state index contributed by atoms with van der Waals surface area (Å²) >= 11 is 7.69. The summed E-state index contributed by atoms with van der Waals surface area (Å²) in [6.07, 6.45) is 5.86. The molecule has 0 atom stereocenters. The molecule has 36 heavy (non-hydrogen) atoms. The van der Waals surface area contributed by atoms with Crippen LogP contribution in [0.3, 0.4) is 0 Å². The van der Waals surface area contributed by atoms with E-state index in [1.165, 1.54) is 11.8 Å². The van der Waals surface area contributed by atoms with E-state index in [4.69, 9.17) is 22.1 Å². The number of nitrogens with zero attached hydrogens (tertiary/aromatic N) is 1. The van der Waals surface area contributed by atoms with Gasteiger partial charge in [0.2, 0.25) is 0 Å². The molecule has 0 unspecified atom stereocenters. The predicted molar refractivity (Wildman–Crippen MR) is 149 cm³/mol. The van der Waals surface area contributed by atoms with Gasteiger partial charge >= 0.3 is 0 Å². The van der Waals surface area contributed by atoms with Gasteiger partial charge in [-0.1, -0.05) is 36.2 Å². The summed E-state index contributed by atoms with van der Waals surface area (Å²) in [7, 11) is 1.51. The van der Waals surface area contributed by atoms with Gasteiger partial charge in [-0.3, -0.25) is 9.59 Å². The number of benzene rings is 2. The topological polar surface area (TPSA) is 84.7 Å². The Morgan fingerprint density at radius 2 is 1.92 bits per heavy atom. The van der Waals surface area contributed by atoms with E-state index >= 15 is 0 Å². The molecule has 0 aliphatic carbocycles. The number of ether oxygens (including phenoxy) is 1. The van der Waals surface area contributed by atoms with Crippen LogP contribution in [0.4, 0.5) is 5.69 Å². The molecule has 1 aromatic heterocycles. The van der Waals surface area contributed by atoms with Gasteiger partial charge in [0, 0.05) is 23.7 Å². The highest BCUT2D eigenvalue weighted by Crippen LogP contribution is 2.29. The van der Waals surface area contributed by atoms with Crippen LogP contribution < -0.4 is 15.8 Å². The second kappa shape index (κ2) is 12.6. The molecule has 6 nitrogen and oxygen atoms in total. The fourth-order valence-electron chi connectivity index (χ4n) is 4.70. The van der Waals surface area contributed by atoms with E-state index in [1.807, 2.05) is 18.2 Å². The van der Waals surface area contributed by atoms with E-state index in [0.29, 0.717) is 40.9 Å². The van der Waals surface area contributed by atoms with Crippen LogP contribution in [0.2, 0.25) is 5.02 Å². The van der Waals surface area contributed by atoms with Crippen LogP contribution in [0.15, 0.2) is 42.5 Å². The average Bonchev–Trinajstić information content (AvgIpc) is 3.33. The molecule has 4 rings (SSSR count). The van der Waals surface area contributed by atoms with Gasteiger partial charge in [0.05, 0.1) is 28.3 Å². The summed E-state index contributed by atoms with van der Waals surface area (Å²) in [5.41, 5.74) is 6.60. The largest absolute Gasteiger partial charge is 0.496 e. The number of hydrogen-bond acceptors (Lipinski definition) is 6. The SMILES string of the molecule is COc1cc(N)c(Cl)cc1C(=O)NCC1CCN(CCCCCC(=O)c2cc3ccccc3s2)CC1. The molecule has 0 spiro atoms. The number of thiophene rings is 1. The number of unbranched alkanes of at least 4 members (excludes halogenated alkanes) is 2. The smallest absolute Gasteiger partial charge is 0.255 e. The third-order valence-electron chi connectivity index (χ3n) is 6.90. The van der Waals surface area contributed by atoms with E-state index < -0.39 is 0 Å². The maximum atomic E-state index is 12.7. The zero-order valence-corrected chi connectivity index (χ0v) is 22.3. The molecular weight excluding hydrogens is 494 g/mol. The van der Waals surface area contributed by atoms with Crippen molar-refractivity contribution in [2.75, 3.05) is 39.0 Å². The van der Waals surface area contributed by atoms with Crippen molar-refractivity contribution in [2.24, 2.45) is 5.92 Å². The maximum absolute atomic E-state index is 12.7. The molecule has 192 valence electrons. The van der Waals surface area contributed by atoms with Crippen molar-refractivity contribution in [1.29, 1.82) is 0 Å². The molecule has 1 saturated heterocycles. The quantitative estimate of drug-likeness (QED) is 0.181. The first-order chi connectivity index (χ1) is 17.4. The second-order valence-electron chi connectivity index (χ2n) is 9.45. The number of nitrogens with two attached hydrogens (primary N) is 1. The third-order valence-corrected chi connectivity index (χ3v) is 8.38. The van der Waals surface area contributed by atoms with Gasteiger partial charge in [-0.2, -0.15) is 0 Å². The van der Waals surface area contributed by atoms with Crippen LogP contribution in [0, 0.1) is 5.92 Å². The molecule has 2 aromatic carbocycles. The minimum atomic E-state index is -0.193. The number of nitrogen functional groups attached to an aromatic ring is 1. The van der Waals surface area contributed by atoms with Gasteiger partial charge in [-0.25, -0.2) is 0 Å². The molecule has 0 bridgehead atoms. The van der Waals surface area contributed by atoms with Crippen LogP contribution in [0.5, 0.6) is 5.75 Å². The second-order valence-corrected chi connectivity index (χ2v) is 10.9. The molecule has 1 fully saturated rings. The number of carbonyl (C=O) groups excluding carboxylic acids is 2. The Bertz CT molecular complexity index is 1170. The lowest BCUT2D eigenvalue weighted by Gasteiger charge is -2.32. The van der Waals surface area contributed by atoms with Crippen molar-refractivity contribution in [2.45, 2.75) is 38.5 Å². The summed E-state index contributed by atoms with van der Waals surface area (Å²) in [6.45, 7) is 3.78. The van der Waals surface area contributed by atoms with Crippen LogP contribution in [0.25, 0.3) is 10.1 Å². The Morgan fingerprint density at radius 3 is 2.67 bits per heavy atom. The molecule has 1 aliphatic heterocycles.